The van der Waals surface area contributed by atoms with Gasteiger partial charge in [-0.1, -0.05) is 51.1 Å². The normalized spacial score (nSPS) is 11.4. The van der Waals surface area contributed by atoms with Gasteiger partial charge in [0.15, 0.2) is 23.0 Å². The summed E-state index contributed by atoms with van der Waals surface area (Å²) in [5.74, 6) is 0.575. The average molecular weight is 497 g/mol. The lowest BCUT2D eigenvalue weighted by molar-refractivity contribution is 0.194. The monoisotopic (exact) mass is 496 g/mol. The number of rotatable bonds is 9. The van der Waals surface area contributed by atoms with Crippen LogP contribution in [0.5, 0.6) is 23.0 Å². The van der Waals surface area contributed by atoms with E-state index in [0.29, 0.717) is 17.0 Å². The summed E-state index contributed by atoms with van der Waals surface area (Å²) in [6, 6.07) is 18.5. The Morgan fingerprint density at radius 2 is 1.63 bits per heavy atom. The number of sulfonamides is 1. The molecule has 0 unspecified atom stereocenters. The quantitative estimate of drug-likeness (QED) is 0.436. The van der Waals surface area contributed by atoms with Crippen molar-refractivity contribution in [2.24, 2.45) is 0 Å². The Morgan fingerprint density at radius 3 is 2.20 bits per heavy atom. The number of nitriles is 1. The summed E-state index contributed by atoms with van der Waals surface area (Å²) in [6.07, 6.45) is 0. The molecule has 0 atom stereocenters. The van der Waals surface area contributed by atoms with Gasteiger partial charge in [-0.3, -0.25) is 4.72 Å². The van der Waals surface area contributed by atoms with Crippen molar-refractivity contribution in [3.63, 3.8) is 0 Å². The average Bonchev–Trinajstić information content (AvgIpc) is 2.82. The maximum atomic E-state index is 13.6. The number of aliphatic hydroxyl groups is 1. The molecule has 0 saturated heterocycles. The number of anilines is 1. The van der Waals surface area contributed by atoms with Crippen LogP contribution >= 0.6 is 0 Å². The zero-order chi connectivity index (χ0) is 25.6. The lowest BCUT2D eigenvalue weighted by Gasteiger charge is -2.27. The number of hydrogen-bond donors (Lipinski definition) is 2. The molecule has 35 heavy (non-hydrogen) atoms. The highest BCUT2D eigenvalue weighted by Crippen LogP contribution is 2.48. The zero-order valence-corrected chi connectivity index (χ0v) is 20.8. The van der Waals surface area contributed by atoms with Gasteiger partial charge in [0, 0.05) is 11.3 Å². The highest BCUT2D eigenvalue weighted by Gasteiger charge is 2.34. The summed E-state index contributed by atoms with van der Waals surface area (Å²) in [5, 5.41) is 19.4. The minimum Gasteiger partial charge on any atom is -0.493 e. The van der Waals surface area contributed by atoms with Gasteiger partial charge >= 0.3 is 0 Å². The van der Waals surface area contributed by atoms with Crippen molar-refractivity contribution in [1.29, 1.82) is 5.26 Å². The molecule has 0 spiro atoms. The van der Waals surface area contributed by atoms with Gasteiger partial charge in [0.05, 0.1) is 25.3 Å². The fourth-order valence-electron chi connectivity index (χ4n) is 3.56. The molecule has 3 aromatic carbocycles. The van der Waals surface area contributed by atoms with Gasteiger partial charge in [0.2, 0.25) is 0 Å². The predicted molar refractivity (Wildman–Crippen MR) is 133 cm³/mol. The number of methoxy groups -OCH3 is 1. The number of para-hydroxylation sites is 3. The summed E-state index contributed by atoms with van der Waals surface area (Å²) in [6.45, 7) is 5.17. The molecule has 9 heteroatoms. The molecule has 3 rings (SSSR count). The van der Waals surface area contributed by atoms with Crippen molar-refractivity contribution in [2.75, 3.05) is 25.0 Å². The fraction of sp³-hybridized carbons (Fsp3) is 0.269. The fourth-order valence-corrected chi connectivity index (χ4v) is 4.77. The molecule has 0 heterocycles. The van der Waals surface area contributed by atoms with Gasteiger partial charge in [-0.05, 0) is 35.7 Å². The minimum atomic E-state index is -4.24. The largest absolute Gasteiger partial charge is 0.493 e. The van der Waals surface area contributed by atoms with Crippen molar-refractivity contribution in [1.82, 2.24) is 0 Å². The summed E-state index contributed by atoms with van der Waals surface area (Å²) < 4.78 is 47.1. The Balaban J connectivity index is 2.35. The molecular weight excluding hydrogens is 468 g/mol. The van der Waals surface area contributed by atoms with Gasteiger partial charge in [-0.2, -0.15) is 5.26 Å². The van der Waals surface area contributed by atoms with Gasteiger partial charge in [-0.15, -0.1) is 0 Å². The van der Waals surface area contributed by atoms with Crippen LogP contribution in [0.4, 0.5) is 5.69 Å². The van der Waals surface area contributed by atoms with Crippen molar-refractivity contribution in [3.05, 3.63) is 71.8 Å². The Labute approximate surface area is 205 Å². The van der Waals surface area contributed by atoms with E-state index in [9.17, 15) is 18.8 Å². The van der Waals surface area contributed by atoms with E-state index in [2.05, 4.69) is 10.8 Å². The Hall–Kier alpha value is -3.74. The van der Waals surface area contributed by atoms with Crippen molar-refractivity contribution >= 4 is 15.7 Å². The molecule has 2 N–H and O–H groups in total. The van der Waals surface area contributed by atoms with Crippen LogP contribution in [0.15, 0.2) is 65.6 Å². The molecular formula is C26H28N2O6S. The number of aliphatic hydroxyl groups excluding tert-OH is 1. The zero-order valence-electron chi connectivity index (χ0n) is 20.0. The van der Waals surface area contributed by atoms with E-state index >= 15 is 0 Å². The first-order valence-corrected chi connectivity index (χ1v) is 12.3. The Bertz CT molecular complexity index is 1330. The number of nitrogens with zero attached hydrogens (tertiary/aromatic N) is 1. The molecule has 0 amide bonds. The molecule has 0 aromatic heterocycles. The maximum Gasteiger partial charge on any atom is 0.265 e. The summed E-state index contributed by atoms with van der Waals surface area (Å²) in [7, 11) is -2.76. The third kappa shape index (κ3) is 5.85. The minimum absolute atomic E-state index is 0.0601. The second-order valence-corrected chi connectivity index (χ2v) is 10.3. The van der Waals surface area contributed by atoms with E-state index in [0.717, 1.165) is 0 Å². The van der Waals surface area contributed by atoms with E-state index in [4.69, 9.17) is 14.2 Å². The van der Waals surface area contributed by atoms with Crippen LogP contribution in [0.1, 0.15) is 31.9 Å². The molecule has 0 aliphatic carbocycles. The Morgan fingerprint density at radius 1 is 1.00 bits per heavy atom. The van der Waals surface area contributed by atoms with Crippen LogP contribution in [0.2, 0.25) is 0 Å². The highest BCUT2D eigenvalue weighted by atomic mass is 32.2. The van der Waals surface area contributed by atoms with Crippen molar-refractivity contribution in [2.45, 2.75) is 31.1 Å². The van der Waals surface area contributed by atoms with Gasteiger partial charge in [0.25, 0.3) is 10.0 Å². The van der Waals surface area contributed by atoms with Gasteiger partial charge < -0.3 is 19.3 Å². The smallest absolute Gasteiger partial charge is 0.265 e. The van der Waals surface area contributed by atoms with Crippen LogP contribution in [0, 0.1) is 11.3 Å². The van der Waals surface area contributed by atoms with E-state index < -0.39 is 15.4 Å². The van der Waals surface area contributed by atoms with Crippen LogP contribution in [-0.2, 0) is 15.4 Å². The molecule has 8 nitrogen and oxygen atoms in total. The predicted octanol–water partition coefficient (Wildman–Crippen LogP) is 4.83. The van der Waals surface area contributed by atoms with Gasteiger partial charge in [0.1, 0.15) is 11.5 Å². The van der Waals surface area contributed by atoms with Crippen LogP contribution in [0.25, 0.3) is 0 Å². The first-order chi connectivity index (χ1) is 16.6. The number of nitrogens with one attached hydrogen (secondary N) is 1. The van der Waals surface area contributed by atoms with E-state index in [1.54, 1.807) is 54.6 Å². The number of hydrogen-bond acceptors (Lipinski definition) is 7. The van der Waals surface area contributed by atoms with Crippen LogP contribution in [0.3, 0.4) is 0 Å². The molecule has 0 radical (unpaired) electrons. The highest BCUT2D eigenvalue weighted by molar-refractivity contribution is 7.92. The third-order valence-electron chi connectivity index (χ3n) is 5.01. The summed E-state index contributed by atoms with van der Waals surface area (Å²) >= 11 is 0. The topological polar surface area (TPSA) is 118 Å². The standard InChI is InChI=1S/C26H28N2O6S/c1-26(2,3)23-18(17-27)16-22(35(30,31)28-19-10-6-5-7-11-19)24(25(23)33-15-14-29)34-21-13-9-8-12-20(21)32-4/h5-13,16,28-29H,14-15H2,1-4H3. The molecule has 0 bridgehead atoms. The van der Waals surface area contributed by atoms with Crippen LogP contribution in [-0.4, -0.2) is 33.8 Å². The van der Waals surface area contributed by atoms with Crippen LogP contribution < -0.4 is 18.9 Å². The van der Waals surface area contributed by atoms with Crippen molar-refractivity contribution in [3.8, 4) is 29.1 Å². The summed E-state index contributed by atoms with van der Waals surface area (Å²) in [4.78, 5) is -0.287. The first kappa shape index (κ1) is 25.9. The van der Waals surface area contributed by atoms with E-state index in [1.807, 2.05) is 20.8 Å². The molecule has 184 valence electrons. The van der Waals surface area contributed by atoms with Gasteiger partial charge in [-0.25, -0.2) is 8.42 Å². The van der Waals surface area contributed by atoms with E-state index in [1.165, 1.54) is 13.2 Å². The number of ether oxygens (including phenoxy) is 3. The SMILES string of the molecule is COc1ccccc1Oc1c(S(=O)(=O)Nc2ccccc2)cc(C#N)c(C(C)(C)C)c1OCCO. The van der Waals surface area contributed by atoms with Crippen molar-refractivity contribution < 1.29 is 27.7 Å². The second-order valence-electron chi connectivity index (χ2n) is 8.61. The molecule has 0 aliphatic heterocycles. The molecule has 0 aliphatic rings. The lowest BCUT2D eigenvalue weighted by atomic mass is 9.83. The molecule has 0 fully saturated rings. The van der Waals surface area contributed by atoms with E-state index in [-0.39, 0.29) is 40.9 Å². The second kappa shape index (κ2) is 10.7. The first-order valence-electron chi connectivity index (χ1n) is 10.9. The number of benzene rings is 3. The molecule has 0 saturated carbocycles. The lowest BCUT2D eigenvalue weighted by Crippen LogP contribution is -2.21. The Kier molecular flexibility index (Phi) is 7.89. The summed E-state index contributed by atoms with van der Waals surface area (Å²) in [5.41, 5.74) is 0.291. The third-order valence-corrected chi connectivity index (χ3v) is 6.39. The maximum absolute atomic E-state index is 13.6. The molecule has 3 aromatic rings.